The number of benzene rings is 3. The van der Waals surface area contributed by atoms with Gasteiger partial charge in [0.15, 0.2) is 0 Å². The minimum Gasteiger partial charge on any atom is -0.310 e. The Hall–Kier alpha value is -3.32. The summed E-state index contributed by atoms with van der Waals surface area (Å²) in [5.74, 6) is 0. The minimum absolute atomic E-state index is 1.09. The molecule has 0 aliphatic carbocycles. The highest BCUT2D eigenvalue weighted by atomic mass is 15.1. The van der Waals surface area contributed by atoms with Crippen LogP contribution in [0.3, 0.4) is 0 Å². The zero-order chi connectivity index (χ0) is 21.7. The van der Waals surface area contributed by atoms with Crippen LogP contribution in [-0.4, -0.2) is 0 Å². The molecule has 1 nitrogen and oxygen atoms in total. The van der Waals surface area contributed by atoms with Crippen molar-refractivity contribution in [3.63, 3.8) is 0 Å². The molecule has 0 atom stereocenters. The largest absolute Gasteiger partial charge is 0.310 e. The average Bonchev–Trinajstić information content (AvgIpc) is 2.74. The second-order valence-corrected chi connectivity index (χ2v) is 7.65. The van der Waals surface area contributed by atoms with Gasteiger partial charge >= 0.3 is 0 Å². The highest BCUT2D eigenvalue weighted by Gasteiger charge is 2.19. The van der Waals surface area contributed by atoms with Crippen LogP contribution >= 0.6 is 0 Å². The zero-order valence-corrected chi connectivity index (χ0v) is 18.7. The van der Waals surface area contributed by atoms with Crippen LogP contribution in [0.1, 0.15) is 29.2 Å². The fraction of sp³-hybridized carbons (Fsp3) is 0.172. The third-order valence-electron chi connectivity index (χ3n) is 5.68. The van der Waals surface area contributed by atoms with Crippen LogP contribution in [0.15, 0.2) is 97.2 Å². The first-order valence-corrected chi connectivity index (χ1v) is 10.5. The quantitative estimate of drug-likeness (QED) is 0.380. The highest BCUT2D eigenvalue weighted by molar-refractivity contribution is 5.80. The summed E-state index contributed by atoms with van der Waals surface area (Å²) in [5, 5.41) is 0. The van der Waals surface area contributed by atoms with Crippen molar-refractivity contribution in [2.45, 2.75) is 34.6 Å². The van der Waals surface area contributed by atoms with E-state index in [9.17, 15) is 0 Å². The van der Waals surface area contributed by atoms with E-state index in [1.165, 1.54) is 44.8 Å². The first-order valence-electron chi connectivity index (χ1n) is 10.5. The molecule has 0 aliphatic heterocycles. The molecule has 30 heavy (non-hydrogen) atoms. The van der Waals surface area contributed by atoms with Crippen molar-refractivity contribution in [3.8, 4) is 11.1 Å². The van der Waals surface area contributed by atoms with Gasteiger partial charge in [-0.2, -0.15) is 0 Å². The number of nitrogens with zero attached hydrogens (tertiary/aromatic N) is 1. The smallest absolute Gasteiger partial charge is 0.0493 e. The number of para-hydroxylation sites is 1. The number of hydrogen-bond donors (Lipinski definition) is 0. The first-order chi connectivity index (χ1) is 14.5. The van der Waals surface area contributed by atoms with E-state index in [-0.39, 0.29) is 0 Å². The van der Waals surface area contributed by atoms with E-state index in [1.54, 1.807) is 0 Å². The van der Waals surface area contributed by atoms with Crippen molar-refractivity contribution in [3.05, 3.63) is 119 Å². The summed E-state index contributed by atoms with van der Waals surface area (Å²) in [6.07, 6.45) is 8.13. The van der Waals surface area contributed by atoms with Crippen molar-refractivity contribution < 1.29 is 0 Å². The van der Waals surface area contributed by atoms with Crippen molar-refractivity contribution >= 4 is 11.4 Å². The summed E-state index contributed by atoms with van der Waals surface area (Å²) >= 11 is 0. The van der Waals surface area contributed by atoms with Gasteiger partial charge < -0.3 is 4.90 Å². The van der Waals surface area contributed by atoms with E-state index in [4.69, 9.17) is 0 Å². The van der Waals surface area contributed by atoms with Gasteiger partial charge in [-0.05, 0) is 92.3 Å². The van der Waals surface area contributed by atoms with Gasteiger partial charge in [-0.1, -0.05) is 67.3 Å². The summed E-state index contributed by atoms with van der Waals surface area (Å²) in [6.45, 7) is 14.8. The molecular weight excluding hydrogens is 362 g/mol. The lowest BCUT2D eigenvalue weighted by Gasteiger charge is -2.30. The maximum atomic E-state index is 3.94. The lowest BCUT2D eigenvalue weighted by atomic mass is 9.92. The molecule has 1 heteroatoms. The van der Waals surface area contributed by atoms with Gasteiger partial charge in [0.1, 0.15) is 0 Å². The predicted octanol–water partition coefficient (Wildman–Crippen LogP) is 8.37. The molecule has 0 amide bonds. The predicted molar refractivity (Wildman–Crippen MR) is 133 cm³/mol. The molecule has 0 aliphatic rings. The van der Waals surface area contributed by atoms with Crippen LogP contribution in [0.25, 0.3) is 11.1 Å². The first kappa shape index (κ1) is 21.4. The normalized spacial score (nSPS) is 11.7. The van der Waals surface area contributed by atoms with Crippen molar-refractivity contribution in [1.29, 1.82) is 0 Å². The van der Waals surface area contributed by atoms with E-state index >= 15 is 0 Å². The van der Waals surface area contributed by atoms with E-state index in [0.29, 0.717) is 0 Å². The monoisotopic (exact) mass is 393 g/mol. The van der Waals surface area contributed by atoms with Crippen LogP contribution in [0.4, 0.5) is 11.4 Å². The Labute approximate surface area is 181 Å². The Balaban J connectivity index is 2.26. The standard InChI is InChI=1S/C29H31N/c1-7-13-25(14-8-2)30(28-18-12-10-16-22(28)4)29-20-19-27(23(5)24(29)6)26-17-11-9-15-21(26)3/h7-20H,1H2,2-6H3/b14-8-,25-13+. The summed E-state index contributed by atoms with van der Waals surface area (Å²) in [4.78, 5) is 2.33. The average molecular weight is 394 g/mol. The molecule has 0 spiro atoms. The SMILES string of the molecule is C=C/C=C(\C=C/C)N(c1ccccc1C)c1ccc(-c2ccccc2C)c(C)c1C. The molecule has 0 fully saturated rings. The van der Waals surface area contributed by atoms with Crippen LogP contribution in [-0.2, 0) is 0 Å². The Morgan fingerprint density at radius 1 is 0.733 bits per heavy atom. The molecule has 3 rings (SSSR count). The van der Waals surface area contributed by atoms with E-state index in [0.717, 1.165) is 5.70 Å². The number of anilines is 2. The van der Waals surface area contributed by atoms with Gasteiger partial charge in [-0.25, -0.2) is 0 Å². The van der Waals surface area contributed by atoms with Crippen molar-refractivity contribution in [2.24, 2.45) is 0 Å². The number of allylic oxidation sites excluding steroid dienone is 4. The molecule has 3 aromatic rings. The maximum Gasteiger partial charge on any atom is 0.0493 e. The minimum atomic E-state index is 1.09. The maximum absolute atomic E-state index is 3.94. The third kappa shape index (κ3) is 4.16. The summed E-state index contributed by atoms with van der Waals surface area (Å²) in [6, 6.07) is 21.6. The second kappa shape index (κ2) is 9.45. The molecule has 0 unspecified atom stereocenters. The Morgan fingerprint density at radius 3 is 2.03 bits per heavy atom. The van der Waals surface area contributed by atoms with Crippen molar-refractivity contribution in [2.75, 3.05) is 4.90 Å². The van der Waals surface area contributed by atoms with Gasteiger partial charge in [-0.15, -0.1) is 0 Å². The van der Waals surface area contributed by atoms with Crippen LogP contribution in [0.5, 0.6) is 0 Å². The van der Waals surface area contributed by atoms with Crippen molar-refractivity contribution in [1.82, 2.24) is 0 Å². The van der Waals surface area contributed by atoms with Gasteiger partial charge in [-0.3, -0.25) is 0 Å². The highest BCUT2D eigenvalue weighted by Crippen LogP contribution is 2.39. The van der Waals surface area contributed by atoms with E-state index < -0.39 is 0 Å². The van der Waals surface area contributed by atoms with Gasteiger partial charge in [0.2, 0.25) is 0 Å². The lowest BCUT2D eigenvalue weighted by Crippen LogP contribution is -2.18. The molecule has 0 N–H and O–H groups in total. The molecule has 0 saturated carbocycles. The number of rotatable bonds is 6. The molecule has 152 valence electrons. The topological polar surface area (TPSA) is 3.24 Å². The van der Waals surface area contributed by atoms with Gasteiger partial charge in [0.25, 0.3) is 0 Å². The molecule has 0 aromatic heterocycles. The molecule has 0 bridgehead atoms. The van der Waals surface area contributed by atoms with Gasteiger partial charge in [0.05, 0.1) is 0 Å². The van der Waals surface area contributed by atoms with E-state index in [2.05, 4.69) is 118 Å². The third-order valence-corrected chi connectivity index (χ3v) is 5.68. The molecule has 0 radical (unpaired) electrons. The summed E-state index contributed by atoms with van der Waals surface area (Å²) < 4.78 is 0. The summed E-state index contributed by atoms with van der Waals surface area (Å²) in [7, 11) is 0. The molecule has 0 saturated heterocycles. The second-order valence-electron chi connectivity index (χ2n) is 7.65. The fourth-order valence-corrected chi connectivity index (χ4v) is 3.93. The molecular formula is C29H31N. The lowest BCUT2D eigenvalue weighted by molar-refractivity contribution is 1.15. The molecule has 3 aromatic carbocycles. The zero-order valence-electron chi connectivity index (χ0n) is 18.7. The van der Waals surface area contributed by atoms with Crippen LogP contribution < -0.4 is 4.90 Å². The van der Waals surface area contributed by atoms with Gasteiger partial charge in [0, 0.05) is 17.1 Å². The summed E-state index contributed by atoms with van der Waals surface area (Å²) in [5.41, 5.74) is 11.1. The Morgan fingerprint density at radius 2 is 1.40 bits per heavy atom. The van der Waals surface area contributed by atoms with E-state index in [1.807, 2.05) is 13.0 Å². The molecule has 0 heterocycles. The number of hydrogen-bond acceptors (Lipinski definition) is 1. The fourth-order valence-electron chi connectivity index (χ4n) is 3.93. The van der Waals surface area contributed by atoms with Crippen LogP contribution in [0, 0.1) is 27.7 Å². The number of aryl methyl sites for hydroxylation is 2. The van der Waals surface area contributed by atoms with Crippen LogP contribution in [0.2, 0.25) is 0 Å². The Bertz CT molecular complexity index is 1110. The Kier molecular flexibility index (Phi) is 6.74.